The van der Waals surface area contributed by atoms with Crippen LogP contribution < -0.4 is 0 Å². The van der Waals surface area contributed by atoms with Crippen LogP contribution in [0.1, 0.15) is 47.5 Å². The van der Waals surface area contributed by atoms with Gasteiger partial charge in [0.25, 0.3) is 0 Å². The third kappa shape index (κ3) is 2.50. The summed E-state index contributed by atoms with van der Waals surface area (Å²) < 4.78 is 1.88. The summed E-state index contributed by atoms with van der Waals surface area (Å²) in [6.45, 7) is 2.10. The van der Waals surface area contributed by atoms with Crippen molar-refractivity contribution in [1.29, 1.82) is 0 Å². The first-order chi connectivity index (χ1) is 9.67. The zero-order valence-corrected chi connectivity index (χ0v) is 12.3. The molecule has 106 valence electrons. The van der Waals surface area contributed by atoms with E-state index in [1.165, 1.54) is 24.0 Å². The highest BCUT2D eigenvalue weighted by atomic mass is 16.3. The van der Waals surface area contributed by atoms with Crippen LogP contribution in [0.4, 0.5) is 0 Å². The Hall–Kier alpha value is -1.61. The summed E-state index contributed by atoms with van der Waals surface area (Å²) >= 11 is 0. The third-order valence-electron chi connectivity index (χ3n) is 4.30. The van der Waals surface area contributed by atoms with E-state index in [9.17, 15) is 5.11 Å². The molecule has 0 spiro atoms. The van der Waals surface area contributed by atoms with Gasteiger partial charge in [0.1, 0.15) is 0 Å². The van der Waals surface area contributed by atoms with E-state index in [-0.39, 0.29) is 0 Å². The molecule has 20 heavy (non-hydrogen) atoms. The van der Waals surface area contributed by atoms with E-state index in [1.807, 2.05) is 11.7 Å². The van der Waals surface area contributed by atoms with Gasteiger partial charge in [0.2, 0.25) is 0 Å². The number of aliphatic hydroxyl groups excluding tert-OH is 1. The molecule has 0 saturated carbocycles. The van der Waals surface area contributed by atoms with Crippen LogP contribution in [0.3, 0.4) is 0 Å². The number of fused-ring (bicyclic) bond motifs is 1. The summed E-state index contributed by atoms with van der Waals surface area (Å²) in [7, 11) is 1.95. The number of aromatic nitrogens is 2. The van der Waals surface area contributed by atoms with Crippen molar-refractivity contribution in [2.45, 2.75) is 45.1 Å². The van der Waals surface area contributed by atoms with Gasteiger partial charge in [-0.25, -0.2) is 0 Å². The number of rotatable bonds is 4. The molecule has 1 aliphatic carbocycles. The van der Waals surface area contributed by atoms with Gasteiger partial charge in [-0.2, -0.15) is 5.10 Å². The maximum Gasteiger partial charge on any atom is 0.0845 e. The normalized spacial score (nSPS) is 15.3. The molecule has 1 atom stereocenters. The molecule has 0 bridgehead atoms. The zero-order valence-electron chi connectivity index (χ0n) is 12.3. The van der Waals surface area contributed by atoms with Gasteiger partial charge in [-0.15, -0.1) is 0 Å². The monoisotopic (exact) mass is 270 g/mol. The number of aryl methyl sites for hydroxylation is 4. The van der Waals surface area contributed by atoms with E-state index in [1.54, 1.807) is 0 Å². The highest BCUT2D eigenvalue weighted by Gasteiger charge is 2.16. The molecule has 1 aromatic carbocycles. The Kier molecular flexibility index (Phi) is 3.62. The molecule has 3 rings (SSSR count). The Morgan fingerprint density at radius 2 is 2.05 bits per heavy atom. The topological polar surface area (TPSA) is 38.0 Å². The highest BCUT2D eigenvalue weighted by Crippen LogP contribution is 2.27. The standard InChI is InChI=1S/C17H22N2O/c1-3-15-10-16(19(2)18-15)11-17(20)14-8-7-12-5-4-6-13(12)9-14/h7-10,17,20H,3-6,11H2,1-2H3. The van der Waals surface area contributed by atoms with Crippen LogP contribution in [0.25, 0.3) is 0 Å². The van der Waals surface area contributed by atoms with E-state index < -0.39 is 6.10 Å². The Balaban J connectivity index is 1.78. The number of hydrogen-bond acceptors (Lipinski definition) is 2. The van der Waals surface area contributed by atoms with Crippen LogP contribution in [0, 0.1) is 0 Å². The average molecular weight is 270 g/mol. The van der Waals surface area contributed by atoms with Crippen LogP contribution >= 0.6 is 0 Å². The van der Waals surface area contributed by atoms with Crippen molar-refractivity contribution in [3.63, 3.8) is 0 Å². The lowest BCUT2D eigenvalue weighted by molar-refractivity contribution is 0.175. The summed E-state index contributed by atoms with van der Waals surface area (Å²) in [6.07, 6.45) is 4.71. The maximum absolute atomic E-state index is 10.5. The predicted octanol–water partition coefficient (Wildman–Crippen LogP) is 2.75. The number of hydrogen-bond donors (Lipinski definition) is 1. The molecule has 1 unspecified atom stereocenters. The van der Waals surface area contributed by atoms with Crippen molar-refractivity contribution in [2.75, 3.05) is 0 Å². The first-order valence-corrected chi connectivity index (χ1v) is 7.49. The third-order valence-corrected chi connectivity index (χ3v) is 4.30. The molecule has 0 fully saturated rings. The van der Waals surface area contributed by atoms with Crippen LogP contribution in [0.2, 0.25) is 0 Å². The minimum atomic E-state index is -0.444. The van der Waals surface area contributed by atoms with Crippen LogP contribution in [0.15, 0.2) is 24.3 Å². The zero-order chi connectivity index (χ0) is 14.1. The molecule has 1 aromatic heterocycles. The molecule has 0 radical (unpaired) electrons. The Labute approximate surface area is 120 Å². The lowest BCUT2D eigenvalue weighted by Crippen LogP contribution is -2.07. The second kappa shape index (κ2) is 5.41. The Bertz CT molecular complexity index is 615. The number of aliphatic hydroxyl groups is 1. The fourth-order valence-corrected chi connectivity index (χ4v) is 3.05. The second-order valence-corrected chi connectivity index (χ2v) is 5.71. The van der Waals surface area contributed by atoms with Crippen molar-refractivity contribution < 1.29 is 5.11 Å². The SMILES string of the molecule is CCc1cc(CC(O)c2ccc3c(c2)CCC3)n(C)n1. The molecular weight excluding hydrogens is 248 g/mol. The summed E-state index contributed by atoms with van der Waals surface area (Å²) in [5.74, 6) is 0. The van der Waals surface area contributed by atoms with E-state index in [0.29, 0.717) is 6.42 Å². The van der Waals surface area contributed by atoms with E-state index in [4.69, 9.17) is 0 Å². The molecule has 0 aliphatic heterocycles. The largest absolute Gasteiger partial charge is 0.388 e. The summed E-state index contributed by atoms with van der Waals surface area (Å²) in [5, 5.41) is 14.9. The van der Waals surface area contributed by atoms with E-state index in [0.717, 1.165) is 29.8 Å². The van der Waals surface area contributed by atoms with Gasteiger partial charge < -0.3 is 5.11 Å². The molecule has 1 heterocycles. The fourth-order valence-electron chi connectivity index (χ4n) is 3.05. The Morgan fingerprint density at radius 1 is 1.25 bits per heavy atom. The van der Waals surface area contributed by atoms with Crippen molar-refractivity contribution in [3.05, 3.63) is 52.3 Å². The van der Waals surface area contributed by atoms with Crippen LogP contribution in [-0.4, -0.2) is 14.9 Å². The predicted molar refractivity (Wildman–Crippen MR) is 79.7 cm³/mol. The molecule has 3 nitrogen and oxygen atoms in total. The molecule has 0 amide bonds. The summed E-state index contributed by atoms with van der Waals surface area (Å²) in [4.78, 5) is 0. The van der Waals surface area contributed by atoms with Crippen molar-refractivity contribution in [2.24, 2.45) is 7.05 Å². The average Bonchev–Trinajstić information content (AvgIpc) is 3.04. The van der Waals surface area contributed by atoms with Crippen molar-refractivity contribution in [1.82, 2.24) is 9.78 Å². The molecule has 1 aliphatic rings. The van der Waals surface area contributed by atoms with Gasteiger partial charge in [0.05, 0.1) is 11.8 Å². The fraction of sp³-hybridized carbons (Fsp3) is 0.471. The van der Waals surface area contributed by atoms with Gasteiger partial charge in [0, 0.05) is 19.2 Å². The highest BCUT2D eigenvalue weighted by molar-refractivity contribution is 5.36. The number of nitrogens with zero attached hydrogens (tertiary/aromatic N) is 2. The van der Waals surface area contributed by atoms with E-state index in [2.05, 4.69) is 36.3 Å². The molecule has 1 N–H and O–H groups in total. The van der Waals surface area contributed by atoms with Gasteiger partial charge in [0.15, 0.2) is 0 Å². The summed E-state index contributed by atoms with van der Waals surface area (Å²) in [6, 6.07) is 8.54. The van der Waals surface area contributed by atoms with Gasteiger partial charge >= 0.3 is 0 Å². The number of benzene rings is 1. The van der Waals surface area contributed by atoms with Gasteiger partial charge in [-0.05, 0) is 48.4 Å². The lowest BCUT2D eigenvalue weighted by atomic mass is 10.00. The molecule has 2 aromatic rings. The van der Waals surface area contributed by atoms with Gasteiger partial charge in [-0.1, -0.05) is 25.1 Å². The van der Waals surface area contributed by atoms with Gasteiger partial charge in [-0.3, -0.25) is 4.68 Å². The van der Waals surface area contributed by atoms with Crippen LogP contribution in [0.5, 0.6) is 0 Å². The van der Waals surface area contributed by atoms with Crippen molar-refractivity contribution >= 4 is 0 Å². The lowest BCUT2D eigenvalue weighted by Gasteiger charge is -2.12. The first-order valence-electron chi connectivity index (χ1n) is 7.49. The van der Waals surface area contributed by atoms with Crippen LogP contribution in [-0.2, 0) is 32.7 Å². The maximum atomic E-state index is 10.5. The smallest absolute Gasteiger partial charge is 0.0845 e. The minimum Gasteiger partial charge on any atom is -0.388 e. The first kappa shape index (κ1) is 13.4. The molecule has 3 heteroatoms. The Morgan fingerprint density at radius 3 is 2.80 bits per heavy atom. The quantitative estimate of drug-likeness (QED) is 0.927. The van der Waals surface area contributed by atoms with E-state index >= 15 is 0 Å². The molecule has 0 saturated heterocycles. The van der Waals surface area contributed by atoms with Crippen molar-refractivity contribution in [3.8, 4) is 0 Å². The molecular formula is C17H22N2O. The second-order valence-electron chi connectivity index (χ2n) is 5.71. The minimum absolute atomic E-state index is 0.444. The summed E-state index contributed by atoms with van der Waals surface area (Å²) in [5.41, 5.74) is 6.08.